The first kappa shape index (κ1) is 21.6. The van der Waals surface area contributed by atoms with Gasteiger partial charge in [-0.3, -0.25) is 9.59 Å². The van der Waals surface area contributed by atoms with Gasteiger partial charge < -0.3 is 10.1 Å². The summed E-state index contributed by atoms with van der Waals surface area (Å²) < 4.78 is 6.79. The van der Waals surface area contributed by atoms with E-state index in [0.717, 1.165) is 5.56 Å². The average molecular weight is 418 g/mol. The van der Waals surface area contributed by atoms with Crippen LogP contribution in [0.3, 0.4) is 0 Å². The normalized spacial score (nSPS) is 11.8. The number of esters is 1. The fraction of sp³-hybridized carbons (Fsp3) is 0.174. The van der Waals surface area contributed by atoms with Crippen LogP contribution in [0.4, 0.5) is 5.69 Å². The van der Waals surface area contributed by atoms with Gasteiger partial charge in [0.05, 0.1) is 18.4 Å². The van der Waals surface area contributed by atoms with Crippen molar-refractivity contribution in [2.24, 2.45) is 0 Å². The molecule has 0 aliphatic heterocycles. The van der Waals surface area contributed by atoms with Gasteiger partial charge >= 0.3 is 5.97 Å². The van der Waals surface area contributed by atoms with Crippen LogP contribution in [-0.4, -0.2) is 38.8 Å². The summed E-state index contributed by atoms with van der Waals surface area (Å²) in [5, 5.41) is 10.6. The van der Waals surface area contributed by atoms with Crippen molar-refractivity contribution < 1.29 is 19.1 Å². The van der Waals surface area contributed by atoms with Gasteiger partial charge in [0.1, 0.15) is 5.69 Å². The SMILES string of the molecule is CC(=O)c1ccccc1NC(=O)[C@H](C)OC(=O)/C=C/c1cn(Cc2ccccc2)nn1. The molecule has 1 heterocycles. The highest BCUT2D eigenvalue weighted by atomic mass is 16.5. The third kappa shape index (κ3) is 6.20. The van der Waals surface area contributed by atoms with Gasteiger partial charge in [-0.2, -0.15) is 0 Å². The molecule has 0 spiro atoms. The van der Waals surface area contributed by atoms with Crippen molar-refractivity contribution >= 4 is 29.4 Å². The molecular weight excluding hydrogens is 396 g/mol. The minimum Gasteiger partial charge on any atom is -0.449 e. The molecule has 0 unspecified atom stereocenters. The van der Waals surface area contributed by atoms with Crippen LogP contribution in [0, 0.1) is 0 Å². The number of benzene rings is 2. The van der Waals surface area contributed by atoms with E-state index < -0.39 is 18.0 Å². The summed E-state index contributed by atoms with van der Waals surface area (Å²) in [5.41, 5.74) is 2.32. The van der Waals surface area contributed by atoms with Crippen LogP contribution in [0.1, 0.15) is 35.5 Å². The van der Waals surface area contributed by atoms with E-state index in [1.807, 2.05) is 30.3 Å². The van der Waals surface area contributed by atoms with E-state index in [1.54, 1.807) is 35.1 Å². The van der Waals surface area contributed by atoms with E-state index >= 15 is 0 Å². The van der Waals surface area contributed by atoms with Crippen LogP contribution in [0.15, 0.2) is 66.9 Å². The molecule has 0 fully saturated rings. The topological polar surface area (TPSA) is 103 Å². The van der Waals surface area contributed by atoms with Crippen molar-refractivity contribution in [2.75, 3.05) is 5.32 Å². The Hall–Kier alpha value is -4.07. The predicted molar refractivity (Wildman–Crippen MR) is 115 cm³/mol. The van der Waals surface area contributed by atoms with Crippen LogP contribution in [-0.2, 0) is 20.9 Å². The molecule has 0 radical (unpaired) electrons. The second-order valence-electron chi connectivity index (χ2n) is 6.83. The lowest BCUT2D eigenvalue weighted by atomic mass is 10.1. The number of anilines is 1. The van der Waals surface area contributed by atoms with Crippen LogP contribution in [0.25, 0.3) is 6.08 Å². The minimum absolute atomic E-state index is 0.177. The lowest BCUT2D eigenvalue weighted by molar-refractivity contribution is -0.148. The Morgan fingerprint density at radius 2 is 1.81 bits per heavy atom. The molecule has 8 nitrogen and oxygen atoms in total. The first-order valence-corrected chi connectivity index (χ1v) is 9.66. The summed E-state index contributed by atoms with van der Waals surface area (Å²) in [6.07, 6.45) is 3.30. The summed E-state index contributed by atoms with van der Waals surface area (Å²) in [7, 11) is 0. The fourth-order valence-electron chi connectivity index (χ4n) is 2.79. The number of carbonyl (C=O) groups is 3. The smallest absolute Gasteiger partial charge is 0.331 e. The predicted octanol–water partition coefficient (Wildman–Crippen LogP) is 3.11. The summed E-state index contributed by atoms with van der Waals surface area (Å²) in [6, 6.07) is 16.4. The van der Waals surface area contributed by atoms with E-state index in [1.165, 1.54) is 26.0 Å². The zero-order chi connectivity index (χ0) is 22.2. The summed E-state index contributed by atoms with van der Waals surface area (Å²) in [5.74, 6) is -1.41. The number of para-hydroxylation sites is 1. The van der Waals surface area contributed by atoms with E-state index in [0.29, 0.717) is 23.5 Å². The van der Waals surface area contributed by atoms with Crippen molar-refractivity contribution in [1.29, 1.82) is 0 Å². The first-order chi connectivity index (χ1) is 14.9. The Kier molecular flexibility index (Phi) is 7.05. The molecule has 0 saturated heterocycles. The second-order valence-corrected chi connectivity index (χ2v) is 6.83. The van der Waals surface area contributed by atoms with Crippen molar-refractivity contribution in [3.8, 4) is 0 Å². The molecule has 1 N–H and O–H groups in total. The number of amides is 1. The molecule has 2 aromatic carbocycles. The highest BCUT2D eigenvalue weighted by molar-refractivity contribution is 6.05. The molecule has 31 heavy (non-hydrogen) atoms. The number of hydrogen-bond acceptors (Lipinski definition) is 6. The van der Waals surface area contributed by atoms with Crippen LogP contribution < -0.4 is 5.32 Å². The number of rotatable bonds is 8. The van der Waals surface area contributed by atoms with Crippen LogP contribution >= 0.6 is 0 Å². The molecule has 3 aromatic rings. The maximum atomic E-state index is 12.3. The number of hydrogen-bond donors (Lipinski definition) is 1. The lowest BCUT2D eigenvalue weighted by Crippen LogP contribution is -2.30. The first-order valence-electron chi connectivity index (χ1n) is 9.66. The Morgan fingerprint density at radius 3 is 2.55 bits per heavy atom. The largest absolute Gasteiger partial charge is 0.449 e. The Labute approximate surface area is 179 Å². The molecular formula is C23H22N4O4. The number of ether oxygens (including phenoxy) is 1. The molecule has 158 valence electrons. The van der Waals surface area contributed by atoms with E-state index in [4.69, 9.17) is 4.74 Å². The maximum absolute atomic E-state index is 12.3. The van der Waals surface area contributed by atoms with Gasteiger partial charge in [-0.05, 0) is 37.6 Å². The van der Waals surface area contributed by atoms with Gasteiger partial charge in [0, 0.05) is 11.6 Å². The molecule has 1 aromatic heterocycles. The van der Waals surface area contributed by atoms with E-state index in [9.17, 15) is 14.4 Å². The molecule has 0 aliphatic rings. The molecule has 0 bridgehead atoms. The Bertz CT molecular complexity index is 1110. The average Bonchev–Trinajstić information content (AvgIpc) is 3.20. The summed E-state index contributed by atoms with van der Waals surface area (Å²) in [4.78, 5) is 36.0. The van der Waals surface area contributed by atoms with Gasteiger partial charge in [0.15, 0.2) is 11.9 Å². The lowest BCUT2D eigenvalue weighted by Gasteiger charge is -2.14. The zero-order valence-electron chi connectivity index (χ0n) is 17.2. The molecule has 0 saturated carbocycles. The van der Waals surface area contributed by atoms with Crippen LogP contribution in [0.2, 0.25) is 0 Å². The van der Waals surface area contributed by atoms with E-state index in [2.05, 4.69) is 15.6 Å². The quantitative estimate of drug-likeness (QED) is 0.343. The minimum atomic E-state index is -1.05. The number of carbonyl (C=O) groups excluding carboxylic acids is 3. The number of ketones is 1. The van der Waals surface area contributed by atoms with Gasteiger partial charge in [0.25, 0.3) is 5.91 Å². The maximum Gasteiger partial charge on any atom is 0.331 e. The summed E-state index contributed by atoms with van der Waals surface area (Å²) in [6.45, 7) is 3.42. The Balaban J connectivity index is 1.54. The van der Waals surface area contributed by atoms with Crippen molar-refractivity contribution in [3.63, 3.8) is 0 Å². The van der Waals surface area contributed by atoms with Gasteiger partial charge in [0.2, 0.25) is 0 Å². The molecule has 8 heteroatoms. The highest BCUT2D eigenvalue weighted by Crippen LogP contribution is 2.16. The molecule has 1 amide bonds. The van der Waals surface area contributed by atoms with E-state index in [-0.39, 0.29) is 5.78 Å². The van der Waals surface area contributed by atoms with Crippen molar-refractivity contribution in [3.05, 3.63) is 83.7 Å². The van der Waals surface area contributed by atoms with Crippen molar-refractivity contribution in [2.45, 2.75) is 26.5 Å². The second kappa shape index (κ2) is 10.1. The summed E-state index contributed by atoms with van der Waals surface area (Å²) >= 11 is 0. The molecule has 1 atom stereocenters. The fourth-order valence-corrected chi connectivity index (χ4v) is 2.79. The standard InChI is InChI=1S/C23H22N4O4/c1-16(28)20-10-6-7-11-21(20)24-23(30)17(2)31-22(29)13-12-19-15-27(26-25-19)14-18-8-4-3-5-9-18/h3-13,15,17H,14H2,1-2H3,(H,24,30)/b13-12+/t17-/m0/s1. The molecule has 3 rings (SSSR count). The monoisotopic (exact) mass is 418 g/mol. The van der Waals surface area contributed by atoms with Gasteiger partial charge in [-0.1, -0.05) is 47.7 Å². The van der Waals surface area contributed by atoms with Crippen LogP contribution in [0.5, 0.6) is 0 Å². The zero-order valence-corrected chi connectivity index (χ0v) is 17.2. The number of nitrogens with one attached hydrogen (secondary N) is 1. The highest BCUT2D eigenvalue weighted by Gasteiger charge is 2.18. The molecule has 0 aliphatic carbocycles. The van der Waals surface area contributed by atoms with Gasteiger partial charge in [-0.15, -0.1) is 5.10 Å². The number of aromatic nitrogens is 3. The van der Waals surface area contributed by atoms with Crippen molar-refractivity contribution in [1.82, 2.24) is 15.0 Å². The Morgan fingerprint density at radius 1 is 1.10 bits per heavy atom. The number of nitrogens with zero attached hydrogens (tertiary/aromatic N) is 3. The van der Waals surface area contributed by atoms with Gasteiger partial charge in [-0.25, -0.2) is 9.48 Å². The third-order valence-corrected chi connectivity index (χ3v) is 4.36. The number of Topliss-reactive ketones (excluding diaryl/α,β-unsaturated/α-hetero) is 1. The third-order valence-electron chi connectivity index (χ3n) is 4.36.